The molecule has 1 aliphatic rings. The van der Waals surface area contributed by atoms with Crippen LogP contribution in [-0.4, -0.2) is 11.7 Å². The highest BCUT2D eigenvalue weighted by Gasteiger charge is 2.22. The van der Waals surface area contributed by atoms with Crippen molar-refractivity contribution in [1.29, 1.82) is 0 Å². The van der Waals surface area contributed by atoms with Crippen molar-refractivity contribution in [2.75, 3.05) is 11.4 Å². The summed E-state index contributed by atoms with van der Waals surface area (Å²) < 4.78 is 13.4. The molecule has 0 bridgehead atoms. The van der Waals surface area contributed by atoms with E-state index in [2.05, 4.69) is 0 Å². The van der Waals surface area contributed by atoms with Gasteiger partial charge < -0.3 is 10.0 Å². The fraction of sp³-hybridized carbons (Fsp3) is 0.200. The van der Waals surface area contributed by atoms with Crippen molar-refractivity contribution in [3.05, 3.63) is 58.4 Å². The number of rotatable bonds is 2. The standard InChI is InChI=1S/C15H13ClFNO/c16-12-3-1-11(9-19)14(7-12)18-6-5-10-2-4-13(17)8-15(10)18/h1-4,7-8,19H,5-6,9H2. The van der Waals surface area contributed by atoms with Gasteiger partial charge in [-0.05, 0) is 36.2 Å². The topological polar surface area (TPSA) is 23.5 Å². The summed E-state index contributed by atoms with van der Waals surface area (Å²) in [5.41, 5.74) is 3.61. The maximum Gasteiger partial charge on any atom is 0.125 e. The second-order valence-electron chi connectivity index (χ2n) is 4.61. The monoisotopic (exact) mass is 277 g/mol. The third-order valence-corrected chi connectivity index (χ3v) is 3.69. The molecule has 2 nitrogen and oxygen atoms in total. The molecule has 0 amide bonds. The summed E-state index contributed by atoms with van der Waals surface area (Å²) in [4.78, 5) is 2.01. The molecule has 0 saturated heterocycles. The number of aliphatic hydroxyl groups excluding tert-OH is 1. The molecule has 0 spiro atoms. The normalized spacial score (nSPS) is 13.7. The van der Waals surface area contributed by atoms with E-state index in [1.165, 1.54) is 12.1 Å². The molecule has 0 atom stereocenters. The van der Waals surface area contributed by atoms with Crippen LogP contribution in [0.4, 0.5) is 15.8 Å². The first-order chi connectivity index (χ1) is 9.19. The van der Waals surface area contributed by atoms with Gasteiger partial charge in [0, 0.05) is 28.5 Å². The van der Waals surface area contributed by atoms with Gasteiger partial charge in [-0.2, -0.15) is 0 Å². The smallest absolute Gasteiger partial charge is 0.125 e. The van der Waals surface area contributed by atoms with E-state index in [-0.39, 0.29) is 12.4 Å². The van der Waals surface area contributed by atoms with Gasteiger partial charge in [-0.1, -0.05) is 23.7 Å². The molecular formula is C15H13ClFNO. The van der Waals surface area contributed by atoms with E-state index in [0.717, 1.165) is 35.5 Å². The van der Waals surface area contributed by atoms with E-state index >= 15 is 0 Å². The summed E-state index contributed by atoms with van der Waals surface area (Å²) >= 11 is 6.03. The first-order valence-electron chi connectivity index (χ1n) is 6.14. The Morgan fingerprint density at radius 3 is 2.79 bits per heavy atom. The number of hydrogen-bond acceptors (Lipinski definition) is 2. The number of benzene rings is 2. The van der Waals surface area contributed by atoms with Gasteiger partial charge in [-0.25, -0.2) is 4.39 Å². The maximum atomic E-state index is 13.4. The van der Waals surface area contributed by atoms with Gasteiger partial charge in [0.1, 0.15) is 5.82 Å². The van der Waals surface area contributed by atoms with Crippen LogP contribution >= 0.6 is 11.6 Å². The SMILES string of the molecule is OCc1ccc(Cl)cc1N1CCc2ccc(F)cc21. The summed E-state index contributed by atoms with van der Waals surface area (Å²) in [6, 6.07) is 10.2. The Hall–Kier alpha value is -1.58. The summed E-state index contributed by atoms with van der Waals surface area (Å²) in [6.07, 6.45) is 0.868. The lowest BCUT2D eigenvalue weighted by molar-refractivity contribution is 0.282. The lowest BCUT2D eigenvalue weighted by atomic mass is 10.1. The zero-order valence-electron chi connectivity index (χ0n) is 10.2. The van der Waals surface area contributed by atoms with E-state index in [1.54, 1.807) is 12.1 Å². The Labute approximate surface area is 116 Å². The highest BCUT2D eigenvalue weighted by Crippen LogP contribution is 2.37. The summed E-state index contributed by atoms with van der Waals surface area (Å²) in [6.45, 7) is 0.708. The zero-order chi connectivity index (χ0) is 13.4. The number of hydrogen-bond donors (Lipinski definition) is 1. The fourth-order valence-corrected chi connectivity index (χ4v) is 2.69. The van der Waals surface area contributed by atoms with Crippen molar-refractivity contribution in [3.63, 3.8) is 0 Å². The van der Waals surface area contributed by atoms with E-state index in [0.29, 0.717) is 5.02 Å². The summed E-state index contributed by atoms with van der Waals surface area (Å²) in [5, 5.41) is 10.0. The number of nitrogens with zero attached hydrogens (tertiary/aromatic N) is 1. The van der Waals surface area contributed by atoms with Gasteiger partial charge in [0.2, 0.25) is 0 Å². The molecule has 2 aromatic carbocycles. The largest absolute Gasteiger partial charge is 0.392 e. The van der Waals surface area contributed by atoms with Gasteiger partial charge in [-0.3, -0.25) is 0 Å². The van der Waals surface area contributed by atoms with Crippen molar-refractivity contribution >= 4 is 23.0 Å². The minimum Gasteiger partial charge on any atom is -0.392 e. The van der Waals surface area contributed by atoms with E-state index < -0.39 is 0 Å². The molecule has 0 saturated carbocycles. The van der Waals surface area contributed by atoms with Crippen LogP contribution in [0.25, 0.3) is 0 Å². The molecule has 0 radical (unpaired) electrons. The maximum absolute atomic E-state index is 13.4. The minimum absolute atomic E-state index is 0.0619. The molecule has 0 fully saturated rings. The summed E-state index contributed by atoms with van der Waals surface area (Å²) in [5.74, 6) is -0.252. The Morgan fingerprint density at radius 1 is 1.16 bits per heavy atom. The lowest BCUT2D eigenvalue weighted by Crippen LogP contribution is -2.15. The summed E-state index contributed by atoms with van der Waals surface area (Å²) in [7, 11) is 0. The first-order valence-corrected chi connectivity index (χ1v) is 6.52. The Balaban J connectivity index is 2.10. The molecule has 1 N–H and O–H groups in total. The highest BCUT2D eigenvalue weighted by atomic mass is 35.5. The molecule has 0 unspecified atom stereocenters. The molecule has 2 aromatic rings. The Morgan fingerprint density at radius 2 is 2.00 bits per heavy atom. The molecule has 4 heteroatoms. The first kappa shape index (κ1) is 12.5. The lowest BCUT2D eigenvalue weighted by Gasteiger charge is -2.22. The van der Waals surface area contributed by atoms with Gasteiger partial charge in [0.15, 0.2) is 0 Å². The van der Waals surface area contributed by atoms with E-state index in [4.69, 9.17) is 11.6 Å². The van der Waals surface area contributed by atoms with Crippen LogP contribution < -0.4 is 4.90 Å². The quantitative estimate of drug-likeness (QED) is 0.905. The van der Waals surface area contributed by atoms with Crippen molar-refractivity contribution in [3.8, 4) is 0 Å². The molecule has 1 aliphatic heterocycles. The molecule has 1 heterocycles. The van der Waals surface area contributed by atoms with E-state index in [9.17, 15) is 9.50 Å². The van der Waals surface area contributed by atoms with Crippen molar-refractivity contribution in [2.45, 2.75) is 13.0 Å². The van der Waals surface area contributed by atoms with Crippen LogP contribution in [0.2, 0.25) is 5.02 Å². The van der Waals surface area contributed by atoms with Crippen LogP contribution in [0.15, 0.2) is 36.4 Å². The third-order valence-electron chi connectivity index (χ3n) is 3.45. The highest BCUT2D eigenvalue weighted by molar-refractivity contribution is 6.30. The number of halogens is 2. The van der Waals surface area contributed by atoms with Gasteiger partial charge in [0.25, 0.3) is 0 Å². The Kier molecular flexibility index (Phi) is 3.17. The van der Waals surface area contributed by atoms with Crippen LogP contribution in [-0.2, 0) is 13.0 Å². The average molecular weight is 278 g/mol. The molecule has 19 heavy (non-hydrogen) atoms. The van der Waals surface area contributed by atoms with Gasteiger partial charge in [0.05, 0.1) is 6.61 Å². The van der Waals surface area contributed by atoms with Gasteiger partial charge in [-0.15, -0.1) is 0 Å². The zero-order valence-corrected chi connectivity index (χ0v) is 11.0. The van der Waals surface area contributed by atoms with Gasteiger partial charge >= 0.3 is 0 Å². The Bertz CT molecular complexity index is 630. The second-order valence-corrected chi connectivity index (χ2v) is 5.04. The fourth-order valence-electron chi connectivity index (χ4n) is 2.52. The molecule has 98 valence electrons. The van der Waals surface area contributed by atoms with E-state index in [1.807, 2.05) is 17.0 Å². The molecule has 0 aromatic heterocycles. The molecule has 0 aliphatic carbocycles. The van der Waals surface area contributed by atoms with Crippen LogP contribution in [0.5, 0.6) is 0 Å². The van der Waals surface area contributed by atoms with Crippen LogP contribution in [0.1, 0.15) is 11.1 Å². The van der Waals surface area contributed by atoms with Crippen molar-refractivity contribution < 1.29 is 9.50 Å². The second kappa shape index (κ2) is 4.83. The van der Waals surface area contributed by atoms with Crippen LogP contribution in [0, 0.1) is 5.82 Å². The number of anilines is 2. The minimum atomic E-state index is -0.252. The number of aliphatic hydroxyl groups is 1. The third kappa shape index (κ3) is 2.20. The average Bonchev–Trinajstić information content (AvgIpc) is 2.81. The van der Waals surface area contributed by atoms with Crippen molar-refractivity contribution in [2.24, 2.45) is 0 Å². The number of fused-ring (bicyclic) bond motifs is 1. The van der Waals surface area contributed by atoms with Crippen molar-refractivity contribution in [1.82, 2.24) is 0 Å². The van der Waals surface area contributed by atoms with Crippen LogP contribution in [0.3, 0.4) is 0 Å². The molecular weight excluding hydrogens is 265 g/mol. The molecule has 3 rings (SSSR count). The predicted molar refractivity (Wildman–Crippen MR) is 74.5 cm³/mol. The predicted octanol–water partition coefficient (Wildman–Crippen LogP) is 3.67.